The maximum atomic E-state index is 12.8. The van der Waals surface area contributed by atoms with E-state index >= 15 is 0 Å². The van der Waals surface area contributed by atoms with E-state index in [4.69, 9.17) is 0 Å². The van der Waals surface area contributed by atoms with Crippen molar-refractivity contribution >= 4 is 11.8 Å². The SMILES string of the molecule is CC(C)N(C(=O)c1ccc(CCc2ccc(C(=O)N(C(C)C)C(C)C)cc2)cc1)C(C)C. The molecule has 0 spiro atoms. The van der Waals surface area contributed by atoms with Crippen molar-refractivity contribution in [3.05, 3.63) is 70.8 Å². The molecule has 0 saturated carbocycles. The summed E-state index contributed by atoms with van der Waals surface area (Å²) < 4.78 is 0. The fourth-order valence-corrected chi connectivity index (χ4v) is 4.35. The van der Waals surface area contributed by atoms with E-state index in [1.54, 1.807) is 0 Å². The molecule has 0 aromatic heterocycles. The summed E-state index contributed by atoms with van der Waals surface area (Å²) in [4.78, 5) is 29.5. The molecule has 2 rings (SSSR count). The average molecular weight is 437 g/mol. The van der Waals surface area contributed by atoms with E-state index in [0.29, 0.717) is 0 Å². The fraction of sp³-hybridized carbons (Fsp3) is 0.500. The molecule has 32 heavy (non-hydrogen) atoms. The van der Waals surface area contributed by atoms with Gasteiger partial charge in [-0.3, -0.25) is 9.59 Å². The number of amides is 2. The fourth-order valence-electron chi connectivity index (χ4n) is 4.35. The van der Waals surface area contributed by atoms with Crippen LogP contribution in [-0.2, 0) is 12.8 Å². The third-order valence-electron chi connectivity index (χ3n) is 5.80. The Morgan fingerprint density at radius 1 is 0.531 bits per heavy atom. The van der Waals surface area contributed by atoms with Crippen molar-refractivity contribution in [3.63, 3.8) is 0 Å². The molecule has 0 N–H and O–H groups in total. The van der Waals surface area contributed by atoms with Crippen LogP contribution in [-0.4, -0.2) is 45.8 Å². The van der Waals surface area contributed by atoms with Gasteiger partial charge in [-0.25, -0.2) is 0 Å². The van der Waals surface area contributed by atoms with Crippen LogP contribution in [0.5, 0.6) is 0 Å². The summed E-state index contributed by atoms with van der Waals surface area (Å²) in [7, 11) is 0. The zero-order valence-corrected chi connectivity index (χ0v) is 21.1. The number of carbonyl (C=O) groups excluding carboxylic acids is 2. The second-order valence-electron chi connectivity index (χ2n) is 9.69. The van der Waals surface area contributed by atoms with Crippen molar-refractivity contribution in [2.75, 3.05) is 0 Å². The smallest absolute Gasteiger partial charge is 0.254 e. The van der Waals surface area contributed by atoms with E-state index in [0.717, 1.165) is 24.0 Å². The van der Waals surface area contributed by atoms with Crippen LogP contribution >= 0.6 is 0 Å². The Labute approximate surface area is 194 Å². The van der Waals surface area contributed by atoms with Crippen LogP contribution in [0.4, 0.5) is 0 Å². The van der Waals surface area contributed by atoms with Gasteiger partial charge in [0.05, 0.1) is 0 Å². The topological polar surface area (TPSA) is 40.6 Å². The molecule has 4 heteroatoms. The number of hydrogen-bond donors (Lipinski definition) is 0. The molecule has 0 aliphatic carbocycles. The highest BCUT2D eigenvalue weighted by Gasteiger charge is 2.22. The number of hydrogen-bond acceptors (Lipinski definition) is 2. The van der Waals surface area contributed by atoms with Crippen LogP contribution in [0.2, 0.25) is 0 Å². The van der Waals surface area contributed by atoms with Crippen LogP contribution in [0, 0.1) is 0 Å². The van der Waals surface area contributed by atoms with Crippen LogP contribution in [0.15, 0.2) is 48.5 Å². The Morgan fingerprint density at radius 2 is 0.781 bits per heavy atom. The number of carbonyl (C=O) groups is 2. The summed E-state index contributed by atoms with van der Waals surface area (Å²) in [6, 6.07) is 16.6. The van der Waals surface area contributed by atoms with Gasteiger partial charge in [0.15, 0.2) is 0 Å². The maximum Gasteiger partial charge on any atom is 0.254 e. The lowest BCUT2D eigenvalue weighted by Crippen LogP contribution is -2.42. The zero-order valence-electron chi connectivity index (χ0n) is 21.1. The number of benzene rings is 2. The van der Waals surface area contributed by atoms with Crippen LogP contribution in [0.25, 0.3) is 0 Å². The van der Waals surface area contributed by atoms with Crippen molar-refractivity contribution in [1.82, 2.24) is 9.80 Å². The first kappa shape index (κ1) is 25.6. The van der Waals surface area contributed by atoms with Crippen molar-refractivity contribution in [1.29, 1.82) is 0 Å². The zero-order chi connectivity index (χ0) is 24.0. The second kappa shape index (κ2) is 11.3. The first-order valence-electron chi connectivity index (χ1n) is 11.9. The predicted molar refractivity (Wildman–Crippen MR) is 133 cm³/mol. The molecule has 2 amide bonds. The molecule has 0 unspecified atom stereocenters. The van der Waals surface area contributed by atoms with Gasteiger partial charge in [-0.1, -0.05) is 24.3 Å². The van der Waals surface area contributed by atoms with Gasteiger partial charge in [-0.05, 0) is 104 Å². The molecule has 0 aliphatic rings. The average Bonchev–Trinajstić information content (AvgIpc) is 2.71. The lowest BCUT2D eigenvalue weighted by molar-refractivity contribution is 0.0634. The minimum absolute atomic E-state index is 0.0821. The monoisotopic (exact) mass is 436 g/mol. The molecule has 0 radical (unpaired) electrons. The van der Waals surface area contributed by atoms with Gasteiger partial charge < -0.3 is 9.80 Å². The van der Waals surface area contributed by atoms with Crippen molar-refractivity contribution in [2.45, 2.75) is 92.4 Å². The van der Waals surface area contributed by atoms with E-state index in [2.05, 4.69) is 0 Å². The minimum atomic E-state index is 0.0821. The molecule has 0 fully saturated rings. The largest absolute Gasteiger partial charge is 0.334 e. The number of aryl methyl sites for hydroxylation is 2. The van der Waals surface area contributed by atoms with E-state index in [1.165, 1.54) is 11.1 Å². The van der Waals surface area contributed by atoms with E-state index in [-0.39, 0.29) is 36.0 Å². The van der Waals surface area contributed by atoms with Gasteiger partial charge in [0.25, 0.3) is 11.8 Å². The van der Waals surface area contributed by atoms with Gasteiger partial charge in [-0.15, -0.1) is 0 Å². The summed E-state index contributed by atoms with van der Waals surface area (Å²) in [5.74, 6) is 0.164. The standard InChI is InChI=1S/C28H40N2O2/c1-19(2)29(20(3)4)27(31)25-15-11-23(12-16-25)9-10-24-13-17-26(18-14-24)28(32)30(21(5)6)22(7)8/h11-22H,9-10H2,1-8H3. The Bertz CT molecular complexity index is 789. The van der Waals surface area contributed by atoms with Gasteiger partial charge in [-0.2, -0.15) is 0 Å². The Balaban J connectivity index is 2.01. The molecule has 2 aromatic carbocycles. The van der Waals surface area contributed by atoms with Crippen LogP contribution < -0.4 is 0 Å². The second-order valence-corrected chi connectivity index (χ2v) is 9.69. The molecular formula is C28H40N2O2. The molecule has 0 bridgehead atoms. The summed E-state index contributed by atoms with van der Waals surface area (Å²) in [6.07, 6.45) is 1.79. The van der Waals surface area contributed by atoms with Crippen LogP contribution in [0.1, 0.15) is 87.2 Å². The highest BCUT2D eigenvalue weighted by atomic mass is 16.2. The Kier molecular flexibility index (Phi) is 9.06. The summed E-state index contributed by atoms with van der Waals surface area (Å²) in [6.45, 7) is 16.4. The summed E-state index contributed by atoms with van der Waals surface area (Å²) >= 11 is 0. The van der Waals surface area contributed by atoms with E-state index < -0.39 is 0 Å². The van der Waals surface area contributed by atoms with Gasteiger partial charge in [0.1, 0.15) is 0 Å². The van der Waals surface area contributed by atoms with Crippen molar-refractivity contribution in [2.24, 2.45) is 0 Å². The summed E-state index contributed by atoms with van der Waals surface area (Å²) in [5, 5.41) is 0. The predicted octanol–water partition coefficient (Wildman–Crippen LogP) is 5.99. The van der Waals surface area contributed by atoms with E-state index in [9.17, 15) is 9.59 Å². The number of nitrogens with zero attached hydrogens (tertiary/aromatic N) is 2. The van der Waals surface area contributed by atoms with Gasteiger partial charge in [0, 0.05) is 35.3 Å². The molecule has 4 nitrogen and oxygen atoms in total. The molecule has 174 valence electrons. The maximum absolute atomic E-state index is 12.8. The molecule has 0 atom stereocenters. The normalized spacial score (nSPS) is 11.5. The Morgan fingerprint density at radius 3 is 1.00 bits per heavy atom. The Hall–Kier alpha value is -2.62. The van der Waals surface area contributed by atoms with Crippen molar-refractivity contribution in [3.8, 4) is 0 Å². The lowest BCUT2D eigenvalue weighted by Gasteiger charge is -2.31. The van der Waals surface area contributed by atoms with Gasteiger partial charge >= 0.3 is 0 Å². The molecule has 0 heterocycles. The first-order valence-corrected chi connectivity index (χ1v) is 11.9. The molecule has 0 saturated heterocycles. The third-order valence-corrected chi connectivity index (χ3v) is 5.80. The molecule has 2 aromatic rings. The molecule has 0 aliphatic heterocycles. The van der Waals surface area contributed by atoms with Gasteiger partial charge in [0.2, 0.25) is 0 Å². The quantitative estimate of drug-likeness (QED) is 0.484. The van der Waals surface area contributed by atoms with Crippen LogP contribution in [0.3, 0.4) is 0 Å². The first-order chi connectivity index (χ1) is 15.0. The van der Waals surface area contributed by atoms with Crippen molar-refractivity contribution < 1.29 is 9.59 Å². The highest BCUT2D eigenvalue weighted by molar-refractivity contribution is 5.95. The van der Waals surface area contributed by atoms with E-state index in [1.807, 2.05) is 114 Å². The number of rotatable bonds is 9. The lowest BCUT2D eigenvalue weighted by atomic mass is 10.0. The summed E-state index contributed by atoms with van der Waals surface area (Å²) in [5.41, 5.74) is 3.87. The minimum Gasteiger partial charge on any atom is -0.334 e. The molecular weight excluding hydrogens is 396 g/mol. The highest BCUT2D eigenvalue weighted by Crippen LogP contribution is 2.16. The third kappa shape index (κ3) is 6.44.